The smallest absolute Gasteiger partial charge is 0.408 e. The number of alkyl carbamates (subject to hydrolysis) is 1. The van der Waals surface area contributed by atoms with Crippen LogP contribution in [0.4, 0.5) is 4.79 Å². The van der Waals surface area contributed by atoms with Crippen molar-refractivity contribution in [3.63, 3.8) is 0 Å². The molecule has 0 aromatic heterocycles. The fourth-order valence-electron chi connectivity index (χ4n) is 2.41. The number of esters is 1. The van der Waals surface area contributed by atoms with Crippen LogP contribution in [0.2, 0.25) is 0 Å². The standard InChI is InChI=1S/C20H35N3O12S2/c1-19(2,3)34-17(28)11(23-18(29)35-20(4,5)6)7-8-14(24)21-13(10-36)15(25)22-12(16(26)27)9-33-37(30,31)32/h11-13,36H,7-10H2,1-6H3,(H,21,24)(H,22,25)(H,23,29)(H,26,27)(H,30,31,32)/t11-,12-,13-/m0/s1. The second-order valence-corrected chi connectivity index (χ2v) is 11.1. The summed E-state index contributed by atoms with van der Waals surface area (Å²) in [5.74, 6) is -4.57. The number of hydrogen-bond donors (Lipinski definition) is 6. The topological polar surface area (TPSA) is 224 Å². The summed E-state index contributed by atoms with van der Waals surface area (Å²) in [6, 6.07) is -4.50. The number of ether oxygens (including phenoxy) is 2. The number of aliphatic carboxylic acids is 1. The normalized spacial score (nSPS) is 14.5. The van der Waals surface area contributed by atoms with Gasteiger partial charge in [0.2, 0.25) is 11.8 Å². The lowest BCUT2D eigenvalue weighted by Gasteiger charge is -2.26. The molecule has 0 aliphatic carbocycles. The molecule has 3 atom stereocenters. The van der Waals surface area contributed by atoms with Gasteiger partial charge in [0.1, 0.15) is 23.3 Å². The number of carbonyl (C=O) groups is 5. The third kappa shape index (κ3) is 16.7. The summed E-state index contributed by atoms with van der Waals surface area (Å²) in [5.41, 5.74) is -1.74. The summed E-state index contributed by atoms with van der Waals surface area (Å²) in [6.07, 6.45) is -1.52. The van der Waals surface area contributed by atoms with Gasteiger partial charge in [0.25, 0.3) is 0 Å². The van der Waals surface area contributed by atoms with Gasteiger partial charge in [-0.1, -0.05) is 0 Å². The number of rotatable bonds is 13. The summed E-state index contributed by atoms with van der Waals surface area (Å²) in [5, 5.41) is 15.7. The molecule has 0 aliphatic rings. The number of thiol groups is 1. The first-order valence-corrected chi connectivity index (χ1v) is 12.9. The Morgan fingerprint density at radius 3 is 1.84 bits per heavy atom. The van der Waals surface area contributed by atoms with Crippen LogP contribution in [-0.2, 0) is 43.2 Å². The maximum absolute atomic E-state index is 12.5. The Kier molecular flexibility index (Phi) is 13.3. The average Bonchev–Trinajstić information content (AvgIpc) is 2.68. The van der Waals surface area contributed by atoms with E-state index >= 15 is 0 Å². The minimum absolute atomic E-state index is 0.235. The molecule has 37 heavy (non-hydrogen) atoms. The zero-order valence-electron chi connectivity index (χ0n) is 21.4. The van der Waals surface area contributed by atoms with E-state index in [4.69, 9.17) is 19.1 Å². The zero-order valence-corrected chi connectivity index (χ0v) is 23.1. The highest BCUT2D eigenvalue weighted by Gasteiger charge is 2.31. The first-order chi connectivity index (χ1) is 16.6. The largest absolute Gasteiger partial charge is 0.480 e. The predicted molar refractivity (Wildman–Crippen MR) is 131 cm³/mol. The van der Waals surface area contributed by atoms with Crippen LogP contribution >= 0.6 is 12.6 Å². The molecule has 17 heteroatoms. The van der Waals surface area contributed by atoms with Crippen molar-refractivity contribution in [1.82, 2.24) is 16.0 Å². The van der Waals surface area contributed by atoms with E-state index in [-0.39, 0.29) is 18.6 Å². The van der Waals surface area contributed by atoms with E-state index in [1.165, 1.54) is 0 Å². The van der Waals surface area contributed by atoms with E-state index in [0.29, 0.717) is 0 Å². The highest BCUT2D eigenvalue weighted by Crippen LogP contribution is 2.13. The second kappa shape index (κ2) is 14.3. The molecule has 0 aromatic rings. The van der Waals surface area contributed by atoms with Crippen LogP contribution in [0.1, 0.15) is 54.4 Å². The van der Waals surface area contributed by atoms with Crippen molar-refractivity contribution in [2.24, 2.45) is 0 Å². The van der Waals surface area contributed by atoms with Crippen molar-refractivity contribution < 1.29 is 55.7 Å². The summed E-state index contributed by atoms with van der Waals surface area (Å²) >= 11 is 3.94. The summed E-state index contributed by atoms with van der Waals surface area (Å²) in [6.45, 7) is 8.59. The first-order valence-electron chi connectivity index (χ1n) is 10.9. The Labute approximate surface area is 220 Å². The fourth-order valence-corrected chi connectivity index (χ4v) is 2.97. The minimum atomic E-state index is -4.96. The van der Waals surface area contributed by atoms with Crippen molar-refractivity contribution >= 4 is 52.9 Å². The molecule has 0 heterocycles. The van der Waals surface area contributed by atoms with Crippen LogP contribution in [-0.4, -0.2) is 89.6 Å². The Morgan fingerprint density at radius 1 is 0.865 bits per heavy atom. The fraction of sp³-hybridized carbons (Fsp3) is 0.750. The van der Waals surface area contributed by atoms with Gasteiger partial charge >= 0.3 is 28.4 Å². The van der Waals surface area contributed by atoms with Gasteiger partial charge in [-0.25, -0.2) is 18.6 Å². The zero-order chi connectivity index (χ0) is 29.2. The van der Waals surface area contributed by atoms with Crippen molar-refractivity contribution in [3.05, 3.63) is 0 Å². The van der Waals surface area contributed by atoms with Gasteiger partial charge in [0, 0.05) is 12.2 Å². The summed E-state index contributed by atoms with van der Waals surface area (Å²) < 4.78 is 44.3. The Balaban J connectivity index is 5.25. The molecule has 0 spiro atoms. The highest BCUT2D eigenvalue weighted by molar-refractivity contribution is 7.81. The Bertz CT molecular complexity index is 941. The number of carbonyl (C=O) groups excluding carboxylic acids is 4. The number of carboxylic acids is 1. The third-order valence-corrected chi connectivity index (χ3v) is 4.67. The number of carboxylic acid groups (broad SMARTS) is 1. The van der Waals surface area contributed by atoms with Gasteiger partial charge < -0.3 is 30.5 Å². The molecule has 0 aliphatic heterocycles. The maximum atomic E-state index is 12.5. The molecule has 0 aromatic carbocycles. The van der Waals surface area contributed by atoms with E-state index in [1.54, 1.807) is 41.5 Å². The monoisotopic (exact) mass is 573 g/mol. The summed E-state index contributed by atoms with van der Waals surface area (Å²) in [4.78, 5) is 60.8. The number of hydrogen-bond acceptors (Lipinski definition) is 11. The minimum Gasteiger partial charge on any atom is -0.480 e. The van der Waals surface area contributed by atoms with E-state index in [9.17, 15) is 32.4 Å². The van der Waals surface area contributed by atoms with Gasteiger partial charge in [-0.05, 0) is 48.0 Å². The van der Waals surface area contributed by atoms with Crippen molar-refractivity contribution in [2.75, 3.05) is 12.4 Å². The molecule has 15 nitrogen and oxygen atoms in total. The molecular formula is C20H35N3O12S2. The predicted octanol–water partition coefficient (Wildman–Crippen LogP) is -0.195. The van der Waals surface area contributed by atoms with Crippen LogP contribution in [0.5, 0.6) is 0 Å². The number of amides is 3. The van der Waals surface area contributed by atoms with E-state index < -0.39 is 76.2 Å². The van der Waals surface area contributed by atoms with Crippen molar-refractivity contribution in [2.45, 2.75) is 83.7 Å². The number of nitrogens with one attached hydrogen (secondary N) is 3. The molecular weight excluding hydrogens is 538 g/mol. The molecule has 3 amide bonds. The van der Waals surface area contributed by atoms with Gasteiger partial charge in [0.15, 0.2) is 6.04 Å². The van der Waals surface area contributed by atoms with Crippen LogP contribution in [0.15, 0.2) is 0 Å². The molecule has 0 rings (SSSR count). The molecule has 0 saturated heterocycles. The van der Waals surface area contributed by atoms with Gasteiger partial charge in [0.05, 0.1) is 6.61 Å². The lowest BCUT2D eigenvalue weighted by Crippen LogP contribution is -2.54. The molecule has 0 saturated carbocycles. The van der Waals surface area contributed by atoms with E-state index in [2.05, 4.69) is 27.4 Å². The van der Waals surface area contributed by atoms with Crippen LogP contribution in [0.3, 0.4) is 0 Å². The van der Waals surface area contributed by atoms with Crippen LogP contribution in [0, 0.1) is 0 Å². The van der Waals surface area contributed by atoms with Crippen LogP contribution < -0.4 is 16.0 Å². The highest BCUT2D eigenvalue weighted by atomic mass is 32.3. The SMILES string of the molecule is CC(C)(C)OC(=O)N[C@@H](CCC(=O)N[C@@H](CS)C(=O)N[C@@H](COS(=O)(=O)O)C(=O)O)C(=O)OC(C)(C)C. The third-order valence-electron chi connectivity index (χ3n) is 3.87. The molecule has 0 unspecified atom stereocenters. The van der Waals surface area contributed by atoms with E-state index in [1.807, 2.05) is 5.32 Å². The molecule has 0 fully saturated rings. The first kappa shape index (κ1) is 34.4. The Hall–Kier alpha value is -2.63. The molecule has 5 N–H and O–H groups in total. The average molecular weight is 574 g/mol. The molecule has 0 radical (unpaired) electrons. The van der Waals surface area contributed by atoms with Gasteiger partial charge in [-0.3, -0.25) is 14.1 Å². The molecule has 214 valence electrons. The van der Waals surface area contributed by atoms with Gasteiger partial charge in [-0.2, -0.15) is 21.0 Å². The lowest BCUT2D eigenvalue weighted by atomic mass is 10.1. The van der Waals surface area contributed by atoms with Crippen molar-refractivity contribution in [3.8, 4) is 0 Å². The van der Waals surface area contributed by atoms with Crippen LogP contribution in [0.25, 0.3) is 0 Å². The second-order valence-electron chi connectivity index (χ2n) is 9.69. The van der Waals surface area contributed by atoms with E-state index in [0.717, 1.165) is 0 Å². The Morgan fingerprint density at radius 2 is 1.41 bits per heavy atom. The maximum Gasteiger partial charge on any atom is 0.408 e. The lowest BCUT2D eigenvalue weighted by molar-refractivity contribution is -0.157. The van der Waals surface area contributed by atoms with Gasteiger partial charge in [-0.15, -0.1) is 0 Å². The summed E-state index contributed by atoms with van der Waals surface area (Å²) in [7, 11) is -4.96. The van der Waals surface area contributed by atoms with Crippen molar-refractivity contribution in [1.29, 1.82) is 0 Å². The quantitative estimate of drug-likeness (QED) is 0.0957. The molecule has 0 bridgehead atoms.